The summed E-state index contributed by atoms with van der Waals surface area (Å²) >= 11 is 5.80. The van der Waals surface area contributed by atoms with Gasteiger partial charge in [-0.3, -0.25) is 9.59 Å². The first-order valence-electron chi connectivity index (χ1n) is 6.85. The van der Waals surface area contributed by atoms with Gasteiger partial charge >= 0.3 is 5.97 Å². The molecule has 1 aromatic carbocycles. The van der Waals surface area contributed by atoms with Crippen molar-refractivity contribution in [3.8, 4) is 0 Å². The molecule has 9 nitrogen and oxygen atoms in total. The van der Waals surface area contributed by atoms with E-state index in [1.165, 1.54) is 24.3 Å². The molecule has 0 aliphatic carbocycles. The lowest BCUT2D eigenvalue weighted by molar-refractivity contribution is -0.132. The van der Waals surface area contributed by atoms with Crippen LogP contribution in [0.4, 0.5) is 5.69 Å². The highest BCUT2D eigenvalue weighted by atomic mass is 35.5. The maximum atomic E-state index is 12.9. The minimum absolute atomic E-state index is 0.142. The van der Waals surface area contributed by atoms with Crippen LogP contribution >= 0.6 is 11.6 Å². The average molecular weight is 351 g/mol. The summed E-state index contributed by atoms with van der Waals surface area (Å²) in [5, 5.41) is 7.42. The number of methoxy groups -OCH3 is 1. The molecule has 3 rings (SSSR count). The van der Waals surface area contributed by atoms with Gasteiger partial charge in [0.2, 0.25) is 5.91 Å². The van der Waals surface area contributed by atoms with Crippen LogP contribution in [-0.4, -0.2) is 41.3 Å². The van der Waals surface area contributed by atoms with Crippen molar-refractivity contribution < 1.29 is 19.1 Å². The third-order valence-corrected chi connectivity index (χ3v) is 4.19. The van der Waals surface area contributed by atoms with Crippen LogP contribution in [-0.2, 0) is 19.1 Å². The van der Waals surface area contributed by atoms with Crippen molar-refractivity contribution in [2.24, 2.45) is 10.4 Å². The Morgan fingerprint density at radius 2 is 1.96 bits per heavy atom. The number of carbonyl (C=O) groups excluding carboxylic acids is 3. The van der Waals surface area contributed by atoms with Gasteiger partial charge in [0.05, 0.1) is 24.5 Å². The van der Waals surface area contributed by atoms with E-state index >= 15 is 0 Å². The highest BCUT2D eigenvalue weighted by Gasteiger charge is 2.61. The van der Waals surface area contributed by atoms with Gasteiger partial charge in [-0.05, 0) is 24.3 Å². The van der Waals surface area contributed by atoms with Gasteiger partial charge < -0.3 is 4.74 Å². The van der Waals surface area contributed by atoms with Gasteiger partial charge in [0.1, 0.15) is 0 Å². The molecule has 1 aromatic rings. The minimum atomic E-state index is -1.64. The zero-order valence-corrected chi connectivity index (χ0v) is 13.2. The summed E-state index contributed by atoms with van der Waals surface area (Å²) in [5.41, 5.74) is -1.47. The second-order valence-electron chi connectivity index (χ2n) is 5.31. The normalized spacial score (nSPS) is 23.0. The van der Waals surface area contributed by atoms with Crippen molar-refractivity contribution in [1.29, 1.82) is 0 Å². The number of nitroso groups, excluding NO2 is 1. The van der Waals surface area contributed by atoms with Crippen LogP contribution in [0.2, 0.25) is 5.02 Å². The quantitative estimate of drug-likeness (QED) is 0.461. The summed E-state index contributed by atoms with van der Waals surface area (Å²) in [4.78, 5) is 48.9. The van der Waals surface area contributed by atoms with Gasteiger partial charge in [0.25, 0.3) is 5.91 Å². The second-order valence-corrected chi connectivity index (χ2v) is 5.74. The first kappa shape index (κ1) is 16.1. The van der Waals surface area contributed by atoms with E-state index in [1.54, 1.807) is 0 Å². The smallest absolute Gasteiger partial charge is 0.354 e. The third kappa shape index (κ3) is 2.24. The molecule has 0 unspecified atom stereocenters. The molecule has 2 heterocycles. The van der Waals surface area contributed by atoms with Crippen LogP contribution in [0.5, 0.6) is 0 Å². The van der Waals surface area contributed by atoms with Crippen molar-refractivity contribution >= 4 is 40.8 Å². The van der Waals surface area contributed by atoms with Crippen molar-refractivity contribution in [2.75, 3.05) is 12.0 Å². The topological polar surface area (TPSA) is 109 Å². The Hall–Kier alpha value is -2.81. The maximum Gasteiger partial charge on any atom is 0.354 e. The second kappa shape index (κ2) is 5.68. The van der Waals surface area contributed by atoms with Crippen LogP contribution in [0, 0.1) is 4.91 Å². The number of ether oxygens (including phenoxy) is 1. The monoisotopic (exact) mass is 350 g/mol. The van der Waals surface area contributed by atoms with Crippen LogP contribution in [0.15, 0.2) is 34.7 Å². The SMILES string of the molecule is COC(=O)C1=NN(N=O)[C@]2(CC(=O)N(c3ccc(Cl)cc3)C2=O)C1. The largest absolute Gasteiger partial charge is 0.464 e. The summed E-state index contributed by atoms with van der Waals surface area (Å²) < 4.78 is 4.55. The van der Waals surface area contributed by atoms with Crippen LogP contribution in [0.25, 0.3) is 0 Å². The Labute approximate surface area is 140 Å². The molecule has 0 N–H and O–H groups in total. The minimum Gasteiger partial charge on any atom is -0.464 e. The fraction of sp³-hybridized carbons (Fsp3) is 0.286. The molecule has 24 heavy (non-hydrogen) atoms. The molecule has 0 aromatic heterocycles. The number of benzene rings is 1. The standard InChI is InChI=1S/C14H11ClN4O5/c1-24-12(21)10-6-14(19(16-10)17-23)7-11(20)18(13(14)22)9-4-2-8(15)3-5-9/h2-5H,6-7H2,1H3/t14-/m0/s1. The number of hydrazone groups is 1. The van der Waals surface area contributed by atoms with Crippen LogP contribution < -0.4 is 4.90 Å². The van der Waals surface area contributed by atoms with Gasteiger partial charge in [-0.25, -0.2) is 9.69 Å². The number of carbonyl (C=O) groups is 3. The van der Waals surface area contributed by atoms with Gasteiger partial charge in [-0.2, -0.15) is 0 Å². The number of halogens is 1. The lowest BCUT2D eigenvalue weighted by atomic mass is 9.92. The zero-order valence-electron chi connectivity index (χ0n) is 12.4. The molecule has 1 fully saturated rings. The Morgan fingerprint density at radius 1 is 1.29 bits per heavy atom. The number of hydrogen-bond acceptors (Lipinski definition) is 7. The van der Waals surface area contributed by atoms with E-state index in [9.17, 15) is 19.3 Å². The number of hydrogen-bond donors (Lipinski definition) is 0. The lowest BCUT2D eigenvalue weighted by Crippen LogP contribution is -2.48. The molecular weight excluding hydrogens is 340 g/mol. The molecule has 2 amide bonds. The van der Waals surface area contributed by atoms with E-state index in [0.29, 0.717) is 15.8 Å². The Balaban J connectivity index is 1.97. The summed E-state index contributed by atoms with van der Waals surface area (Å²) in [6.45, 7) is 0. The third-order valence-electron chi connectivity index (χ3n) is 3.94. The molecule has 1 saturated heterocycles. The van der Waals surface area contributed by atoms with Crippen molar-refractivity contribution in [1.82, 2.24) is 5.12 Å². The van der Waals surface area contributed by atoms with Crippen LogP contribution in [0.1, 0.15) is 12.8 Å². The fourth-order valence-corrected chi connectivity index (χ4v) is 2.92. The highest BCUT2D eigenvalue weighted by Crippen LogP contribution is 2.40. The van der Waals surface area contributed by atoms with E-state index in [2.05, 4.69) is 15.1 Å². The predicted molar refractivity (Wildman–Crippen MR) is 83.0 cm³/mol. The van der Waals surface area contributed by atoms with Crippen molar-refractivity contribution in [3.05, 3.63) is 34.2 Å². The summed E-state index contributed by atoms with van der Waals surface area (Å²) in [5.74, 6) is -2.00. The number of rotatable bonds is 3. The number of amides is 2. The molecule has 10 heteroatoms. The first-order valence-corrected chi connectivity index (χ1v) is 7.23. The van der Waals surface area contributed by atoms with E-state index in [-0.39, 0.29) is 18.6 Å². The van der Waals surface area contributed by atoms with Crippen molar-refractivity contribution in [2.45, 2.75) is 18.4 Å². The molecule has 2 aliphatic heterocycles. The van der Waals surface area contributed by atoms with Gasteiger partial charge in [-0.15, -0.1) is 15.1 Å². The van der Waals surface area contributed by atoms with E-state index in [4.69, 9.17) is 11.6 Å². The molecule has 2 aliphatic rings. The molecule has 0 bridgehead atoms. The number of nitrogens with zero attached hydrogens (tertiary/aromatic N) is 4. The van der Waals surface area contributed by atoms with Gasteiger partial charge in [0.15, 0.2) is 11.3 Å². The highest BCUT2D eigenvalue weighted by molar-refractivity contribution is 6.39. The molecule has 1 spiro atoms. The zero-order chi connectivity index (χ0) is 17.5. The fourth-order valence-electron chi connectivity index (χ4n) is 2.79. The van der Waals surface area contributed by atoms with E-state index in [0.717, 1.165) is 12.0 Å². The number of anilines is 1. The number of esters is 1. The first-order chi connectivity index (χ1) is 11.4. The molecule has 1 atom stereocenters. The summed E-state index contributed by atoms with van der Waals surface area (Å²) in [7, 11) is 1.15. The lowest BCUT2D eigenvalue weighted by Gasteiger charge is -2.24. The Morgan fingerprint density at radius 3 is 2.54 bits per heavy atom. The van der Waals surface area contributed by atoms with Crippen molar-refractivity contribution in [3.63, 3.8) is 0 Å². The summed E-state index contributed by atoms with van der Waals surface area (Å²) in [6.07, 6.45) is -0.565. The van der Waals surface area contributed by atoms with E-state index < -0.39 is 23.3 Å². The molecule has 0 saturated carbocycles. The Bertz CT molecular complexity index is 778. The summed E-state index contributed by atoms with van der Waals surface area (Å²) in [6, 6.07) is 6.08. The number of imide groups is 1. The molecule has 124 valence electrons. The Kier molecular flexibility index (Phi) is 3.80. The average Bonchev–Trinajstić information content (AvgIpc) is 3.06. The molecule has 0 radical (unpaired) electrons. The van der Waals surface area contributed by atoms with Crippen LogP contribution in [0.3, 0.4) is 0 Å². The molecular formula is C14H11ClN4O5. The maximum absolute atomic E-state index is 12.9. The van der Waals surface area contributed by atoms with Gasteiger partial charge in [0, 0.05) is 11.4 Å². The predicted octanol–water partition coefficient (Wildman–Crippen LogP) is 1.26. The van der Waals surface area contributed by atoms with Gasteiger partial charge in [-0.1, -0.05) is 11.6 Å². The van der Waals surface area contributed by atoms with E-state index in [1.807, 2.05) is 0 Å².